The summed E-state index contributed by atoms with van der Waals surface area (Å²) in [4.78, 5) is 6.39. The Labute approximate surface area is 83.2 Å². The zero-order valence-corrected chi connectivity index (χ0v) is 8.81. The van der Waals surface area contributed by atoms with E-state index in [9.17, 15) is 5.11 Å². The van der Waals surface area contributed by atoms with Gasteiger partial charge in [-0.25, -0.2) is 4.98 Å². The van der Waals surface area contributed by atoms with E-state index in [2.05, 4.69) is 25.8 Å². The summed E-state index contributed by atoms with van der Waals surface area (Å²) >= 11 is 4.91. The summed E-state index contributed by atoms with van der Waals surface area (Å²) in [5.74, 6) is 0. The minimum Gasteiger partial charge on any atom is -0.391 e. The van der Waals surface area contributed by atoms with Gasteiger partial charge in [0, 0.05) is 18.5 Å². The molecule has 12 heavy (non-hydrogen) atoms. The summed E-state index contributed by atoms with van der Waals surface area (Å²) in [5.41, 5.74) is 0. The van der Waals surface area contributed by atoms with Gasteiger partial charge < -0.3 is 10.0 Å². The van der Waals surface area contributed by atoms with E-state index < -0.39 is 0 Å². The number of halogens is 1. The second-order valence-electron chi connectivity index (χ2n) is 2.84. The van der Waals surface area contributed by atoms with Crippen molar-refractivity contribution in [1.82, 2.24) is 4.98 Å². The Bertz CT molecular complexity index is 278. The quantitative estimate of drug-likeness (QED) is 0.818. The summed E-state index contributed by atoms with van der Waals surface area (Å²) in [7, 11) is 0. The predicted molar refractivity (Wildman–Crippen MR) is 52.7 cm³/mol. The van der Waals surface area contributed by atoms with Crippen molar-refractivity contribution in [3.8, 4) is 0 Å². The fraction of sp³-hybridized carbons (Fsp3) is 0.571. The molecule has 1 aromatic heterocycles. The third kappa shape index (κ3) is 1.62. The molecule has 0 spiro atoms. The van der Waals surface area contributed by atoms with Gasteiger partial charge in [0.05, 0.1) is 6.10 Å². The highest BCUT2D eigenvalue weighted by Gasteiger charge is 2.22. The summed E-state index contributed by atoms with van der Waals surface area (Å²) in [6.45, 7) is 1.64. The number of aromatic nitrogens is 1. The van der Waals surface area contributed by atoms with Gasteiger partial charge in [-0.15, -0.1) is 11.3 Å². The molecule has 1 fully saturated rings. The van der Waals surface area contributed by atoms with E-state index >= 15 is 0 Å². The van der Waals surface area contributed by atoms with Crippen LogP contribution in [0.1, 0.15) is 6.42 Å². The molecule has 0 aliphatic carbocycles. The van der Waals surface area contributed by atoms with E-state index in [1.54, 1.807) is 11.3 Å². The van der Waals surface area contributed by atoms with Crippen LogP contribution in [0.3, 0.4) is 0 Å². The predicted octanol–water partition coefficient (Wildman–Crippen LogP) is 1.48. The van der Waals surface area contributed by atoms with Crippen LogP contribution in [-0.4, -0.2) is 29.3 Å². The average molecular weight is 249 g/mol. The molecule has 1 aromatic rings. The molecule has 2 heterocycles. The van der Waals surface area contributed by atoms with Crippen molar-refractivity contribution in [1.29, 1.82) is 0 Å². The van der Waals surface area contributed by atoms with E-state index in [0.717, 1.165) is 29.2 Å². The van der Waals surface area contributed by atoms with Crippen LogP contribution in [0.2, 0.25) is 0 Å². The monoisotopic (exact) mass is 248 g/mol. The molecule has 2 rings (SSSR count). The van der Waals surface area contributed by atoms with Crippen molar-refractivity contribution in [2.45, 2.75) is 12.5 Å². The smallest absolute Gasteiger partial charge is 0.186 e. The lowest BCUT2D eigenvalue weighted by Crippen LogP contribution is -2.20. The first-order valence-corrected chi connectivity index (χ1v) is 5.47. The van der Waals surface area contributed by atoms with Gasteiger partial charge in [0.2, 0.25) is 0 Å². The maximum absolute atomic E-state index is 9.29. The molecule has 0 unspecified atom stereocenters. The van der Waals surface area contributed by atoms with Crippen molar-refractivity contribution in [3.63, 3.8) is 0 Å². The highest BCUT2D eigenvalue weighted by atomic mass is 79.9. The maximum Gasteiger partial charge on any atom is 0.186 e. The number of β-amino-alcohol motifs (C(OH)–C–C–N with tert-alkyl or cyclic N) is 1. The van der Waals surface area contributed by atoms with Crippen molar-refractivity contribution < 1.29 is 5.11 Å². The van der Waals surface area contributed by atoms with Gasteiger partial charge in [0.25, 0.3) is 0 Å². The SMILES string of the molecule is O[C@@H]1CCN(c2nc(Br)cs2)C1. The topological polar surface area (TPSA) is 36.4 Å². The Morgan fingerprint density at radius 2 is 2.58 bits per heavy atom. The van der Waals surface area contributed by atoms with E-state index in [1.807, 2.05) is 5.38 Å². The fourth-order valence-electron chi connectivity index (χ4n) is 1.31. The maximum atomic E-state index is 9.29. The zero-order chi connectivity index (χ0) is 8.55. The zero-order valence-electron chi connectivity index (χ0n) is 6.40. The molecule has 0 amide bonds. The van der Waals surface area contributed by atoms with Gasteiger partial charge in [-0.2, -0.15) is 0 Å². The first-order valence-electron chi connectivity index (χ1n) is 3.80. The molecule has 1 saturated heterocycles. The largest absolute Gasteiger partial charge is 0.391 e. The molecule has 0 saturated carbocycles. The number of aliphatic hydroxyl groups excluding tert-OH is 1. The molecule has 1 aliphatic rings. The minimum absolute atomic E-state index is 0.173. The van der Waals surface area contributed by atoms with Crippen LogP contribution >= 0.6 is 27.3 Å². The number of aliphatic hydroxyl groups is 1. The van der Waals surface area contributed by atoms with Gasteiger partial charge in [-0.1, -0.05) is 0 Å². The number of hydrogen-bond acceptors (Lipinski definition) is 4. The lowest BCUT2D eigenvalue weighted by Gasteiger charge is -2.12. The third-order valence-corrected chi connectivity index (χ3v) is 3.51. The van der Waals surface area contributed by atoms with Crippen LogP contribution in [-0.2, 0) is 0 Å². The minimum atomic E-state index is -0.173. The van der Waals surface area contributed by atoms with Gasteiger partial charge in [0.15, 0.2) is 5.13 Å². The first-order chi connectivity index (χ1) is 5.75. The standard InChI is InChI=1S/C7H9BrN2OS/c8-6-4-12-7(9-6)10-2-1-5(11)3-10/h4-5,11H,1-3H2/t5-/m1/s1. The van der Waals surface area contributed by atoms with Crippen molar-refractivity contribution in [3.05, 3.63) is 9.98 Å². The molecule has 1 aliphatic heterocycles. The van der Waals surface area contributed by atoms with Crippen LogP contribution in [0.5, 0.6) is 0 Å². The molecule has 1 atom stereocenters. The van der Waals surface area contributed by atoms with Crippen molar-refractivity contribution in [2.75, 3.05) is 18.0 Å². The molecule has 0 radical (unpaired) electrons. The number of anilines is 1. The number of rotatable bonds is 1. The van der Waals surface area contributed by atoms with Crippen molar-refractivity contribution >= 4 is 32.4 Å². The summed E-state index contributed by atoms with van der Waals surface area (Å²) in [5, 5.41) is 12.2. The lowest BCUT2D eigenvalue weighted by molar-refractivity contribution is 0.198. The van der Waals surface area contributed by atoms with Crippen LogP contribution in [0.15, 0.2) is 9.98 Å². The number of hydrogen-bond donors (Lipinski definition) is 1. The molecular weight excluding hydrogens is 240 g/mol. The Morgan fingerprint density at radius 1 is 1.75 bits per heavy atom. The van der Waals surface area contributed by atoms with E-state index in [0.29, 0.717) is 0 Å². The Kier molecular flexibility index (Phi) is 2.34. The highest BCUT2D eigenvalue weighted by molar-refractivity contribution is 9.10. The molecular formula is C7H9BrN2OS. The van der Waals surface area contributed by atoms with Crippen LogP contribution in [0, 0.1) is 0 Å². The van der Waals surface area contributed by atoms with E-state index in [1.165, 1.54) is 0 Å². The summed E-state index contributed by atoms with van der Waals surface area (Å²) in [6, 6.07) is 0. The number of nitrogens with zero attached hydrogens (tertiary/aromatic N) is 2. The average Bonchev–Trinajstić information content (AvgIpc) is 2.58. The molecule has 3 nitrogen and oxygen atoms in total. The molecule has 66 valence electrons. The Balaban J connectivity index is 2.11. The second-order valence-corrected chi connectivity index (χ2v) is 4.49. The highest BCUT2D eigenvalue weighted by Crippen LogP contribution is 2.26. The molecule has 0 aromatic carbocycles. The normalized spacial score (nSPS) is 23.5. The Morgan fingerprint density at radius 3 is 3.08 bits per heavy atom. The van der Waals surface area contributed by atoms with Crippen LogP contribution in [0.25, 0.3) is 0 Å². The summed E-state index contributed by atoms with van der Waals surface area (Å²) in [6.07, 6.45) is 0.685. The van der Waals surface area contributed by atoms with E-state index in [-0.39, 0.29) is 6.10 Å². The van der Waals surface area contributed by atoms with Gasteiger partial charge >= 0.3 is 0 Å². The molecule has 5 heteroatoms. The van der Waals surface area contributed by atoms with E-state index in [4.69, 9.17) is 0 Å². The van der Waals surface area contributed by atoms with Gasteiger partial charge in [-0.05, 0) is 22.4 Å². The second kappa shape index (κ2) is 3.32. The van der Waals surface area contributed by atoms with Crippen LogP contribution < -0.4 is 4.90 Å². The lowest BCUT2D eigenvalue weighted by atomic mass is 10.3. The first kappa shape index (κ1) is 8.47. The van der Waals surface area contributed by atoms with Crippen molar-refractivity contribution in [2.24, 2.45) is 0 Å². The molecule has 0 bridgehead atoms. The fourth-order valence-corrected chi connectivity index (χ4v) is 2.59. The van der Waals surface area contributed by atoms with Gasteiger partial charge in [-0.3, -0.25) is 0 Å². The van der Waals surface area contributed by atoms with Crippen LogP contribution in [0.4, 0.5) is 5.13 Å². The molecule has 1 N–H and O–H groups in total. The van der Waals surface area contributed by atoms with Gasteiger partial charge in [0.1, 0.15) is 4.60 Å². The Hall–Kier alpha value is -0.130. The number of thiazole rings is 1. The summed E-state index contributed by atoms with van der Waals surface area (Å²) < 4.78 is 0.879. The third-order valence-electron chi connectivity index (χ3n) is 1.90.